The van der Waals surface area contributed by atoms with E-state index in [2.05, 4.69) is 4.90 Å². The van der Waals surface area contributed by atoms with Gasteiger partial charge < -0.3 is 9.64 Å². The summed E-state index contributed by atoms with van der Waals surface area (Å²) < 4.78 is 31.9. The van der Waals surface area contributed by atoms with E-state index < -0.39 is 11.6 Å². The Morgan fingerprint density at radius 1 is 1.20 bits per heavy atom. The average Bonchev–Trinajstić information content (AvgIpc) is 3.09. The van der Waals surface area contributed by atoms with Crippen molar-refractivity contribution in [2.24, 2.45) is 11.8 Å². The molecule has 1 amide bonds. The van der Waals surface area contributed by atoms with Crippen LogP contribution >= 0.6 is 0 Å². The highest BCUT2D eigenvalue weighted by Gasteiger charge is 2.28. The van der Waals surface area contributed by atoms with Crippen LogP contribution in [0.1, 0.15) is 24.8 Å². The number of ether oxygens (including phenoxy) is 1. The fraction of sp³-hybridized carbons (Fsp3) is 0.632. The van der Waals surface area contributed by atoms with Crippen molar-refractivity contribution in [2.75, 3.05) is 39.9 Å². The number of likely N-dealkylation sites (tertiary alicyclic amines) is 1. The van der Waals surface area contributed by atoms with E-state index in [0.717, 1.165) is 45.0 Å². The van der Waals surface area contributed by atoms with Crippen LogP contribution in [0.3, 0.4) is 0 Å². The highest BCUT2D eigenvalue weighted by Crippen LogP contribution is 2.22. The number of hydrogen-bond acceptors (Lipinski definition) is 3. The Bertz CT molecular complexity index is 577. The minimum Gasteiger partial charge on any atom is -0.381 e. The zero-order chi connectivity index (χ0) is 17.8. The van der Waals surface area contributed by atoms with Gasteiger partial charge in [0.05, 0.1) is 12.5 Å². The third kappa shape index (κ3) is 4.98. The topological polar surface area (TPSA) is 32.8 Å². The predicted octanol–water partition coefficient (Wildman–Crippen LogP) is 2.67. The van der Waals surface area contributed by atoms with Gasteiger partial charge in [-0.1, -0.05) is 0 Å². The van der Waals surface area contributed by atoms with Gasteiger partial charge in [-0.25, -0.2) is 8.78 Å². The highest BCUT2D eigenvalue weighted by atomic mass is 19.1. The maximum atomic E-state index is 13.3. The molecule has 2 heterocycles. The van der Waals surface area contributed by atoms with Crippen LogP contribution in [0.15, 0.2) is 18.2 Å². The van der Waals surface area contributed by atoms with Crippen LogP contribution in [0.4, 0.5) is 8.78 Å². The van der Waals surface area contributed by atoms with Gasteiger partial charge in [0.1, 0.15) is 11.6 Å². The first-order chi connectivity index (χ1) is 12.0. The van der Waals surface area contributed by atoms with Crippen LogP contribution < -0.4 is 0 Å². The third-order valence-electron chi connectivity index (χ3n) is 5.22. The Kier molecular flexibility index (Phi) is 6.02. The normalized spacial score (nSPS) is 22.3. The lowest BCUT2D eigenvalue weighted by molar-refractivity contribution is -0.134. The molecule has 4 nitrogen and oxygen atoms in total. The second-order valence-corrected chi connectivity index (χ2v) is 7.28. The predicted molar refractivity (Wildman–Crippen MR) is 90.9 cm³/mol. The number of carbonyl (C=O) groups excluding carboxylic acids is 1. The number of amides is 1. The standard InChI is InChI=1S/C19H26F2N2O2/c1-22(19(24)16-4-7-25-13-16)11-14-2-5-23(6-3-14)12-15-8-17(20)10-18(21)9-15/h8-10,14,16H,2-7,11-13H2,1H3. The number of piperidine rings is 1. The molecule has 0 aromatic heterocycles. The molecule has 0 bridgehead atoms. The molecule has 25 heavy (non-hydrogen) atoms. The molecule has 0 aliphatic carbocycles. The summed E-state index contributed by atoms with van der Waals surface area (Å²) in [4.78, 5) is 16.4. The van der Waals surface area contributed by atoms with Crippen molar-refractivity contribution < 1.29 is 18.3 Å². The van der Waals surface area contributed by atoms with Crippen molar-refractivity contribution in [2.45, 2.75) is 25.8 Å². The summed E-state index contributed by atoms with van der Waals surface area (Å²) in [6.45, 7) is 4.34. The van der Waals surface area contributed by atoms with Crippen molar-refractivity contribution in [1.82, 2.24) is 9.80 Å². The van der Waals surface area contributed by atoms with Crippen LogP contribution in [0.2, 0.25) is 0 Å². The van der Waals surface area contributed by atoms with E-state index in [4.69, 9.17) is 4.74 Å². The second-order valence-electron chi connectivity index (χ2n) is 7.28. The van der Waals surface area contributed by atoms with Gasteiger partial charge in [-0.2, -0.15) is 0 Å². The summed E-state index contributed by atoms with van der Waals surface area (Å²) >= 11 is 0. The van der Waals surface area contributed by atoms with Crippen LogP contribution in [0.5, 0.6) is 0 Å². The maximum absolute atomic E-state index is 13.3. The zero-order valence-corrected chi connectivity index (χ0v) is 14.7. The summed E-state index contributed by atoms with van der Waals surface area (Å²) in [5, 5.41) is 0. The summed E-state index contributed by atoms with van der Waals surface area (Å²) in [6.07, 6.45) is 2.82. The molecule has 3 rings (SSSR count). The lowest BCUT2D eigenvalue weighted by atomic mass is 9.95. The monoisotopic (exact) mass is 352 g/mol. The van der Waals surface area contributed by atoms with Crippen molar-refractivity contribution >= 4 is 5.91 Å². The Morgan fingerprint density at radius 2 is 1.88 bits per heavy atom. The first-order valence-electron chi connectivity index (χ1n) is 9.01. The van der Waals surface area contributed by atoms with Crippen LogP contribution in [0.25, 0.3) is 0 Å². The molecule has 2 saturated heterocycles. The van der Waals surface area contributed by atoms with Crippen molar-refractivity contribution in [3.8, 4) is 0 Å². The molecule has 2 fully saturated rings. The molecule has 1 unspecified atom stereocenters. The molecule has 2 aliphatic rings. The van der Waals surface area contributed by atoms with Crippen LogP contribution in [0, 0.1) is 23.5 Å². The Morgan fingerprint density at radius 3 is 2.48 bits per heavy atom. The Labute approximate surface area is 147 Å². The molecule has 1 atom stereocenters. The van der Waals surface area contributed by atoms with Crippen molar-refractivity contribution in [1.29, 1.82) is 0 Å². The molecule has 0 N–H and O–H groups in total. The lowest BCUT2D eigenvalue weighted by Gasteiger charge is -2.34. The molecule has 6 heteroatoms. The molecule has 0 spiro atoms. The summed E-state index contributed by atoms with van der Waals surface area (Å²) in [5.41, 5.74) is 0.671. The number of hydrogen-bond donors (Lipinski definition) is 0. The van der Waals surface area contributed by atoms with Gasteiger partial charge in [0.15, 0.2) is 0 Å². The minimum absolute atomic E-state index is 0.0213. The Hall–Kier alpha value is -1.53. The van der Waals surface area contributed by atoms with E-state index in [9.17, 15) is 13.6 Å². The zero-order valence-electron chi connectivity index (χ0n) is 14.7. The average molecular weight is 352 g/mol. The number of rotatable bonds is 5. The van der Waals surface area contributed by atoms with Gasteiger partial charge in [0.2, 0.25) is 5.91 Å². The van der Waals surface area contributed by atoms with Crippen molar-refractivity contribution in [3.63, 3.8) is 0 Å². The fourth-order valence-electron chi connectivity index (χ4n) is 3.81. The molecular formula is C19H26F2N2O2. The SMILES string of the molecule is CN(CC1CCN(Cc2cc(F)cc(F)c2)CC1)C(=O)C1CCOC1. The Balaban J connectivity index is 1.44. The molecule has 1 aromatic rings. The number of benzene rings is 1. The largest absolute Gasteiger partial charge is 0.381 e. The lowest BCUT2D eigenvalue weighted by Crippen LogP contribution is -2.41. The maximum Gasteiger partial charge on any atom is 0.227 e. The van der Waals surface area contributed by atoms with Crippen LogP contribution in [-0.2, 0) is 16.1 Å². The summed E-state index contributed by atoms with van der Waals surface area (Å²) in [6, 6.07) is 3.69. The number of nitrogens with zero attached hydrogens (tertiary/aromatic N) is 2. The molecule has 0 radical (unpaired) electrons. The van der Waals surface area contributed by atoms with Crippen molar-refractivity contribution in [3.05, 3.63) is 35.4 Å². The van der Waals surface area contributed by atoms with Gasteiger partial charge in [-0.05, 0) is 56.0 Å². The first kappa shape index (κ1) is 18.3. The molecule has 138 valence electrons. The van der Waals surface area contributed by atoms with Gasteiger partial charge in [0, 0.05) is 32.8 Å². The summed E-state index contributed by atoms with van der Waals surface area (Å²) in [5.74, 6) is -0.360. The van der Waals surface area contributed by atoms with E-state index in [1.165, 1.54) is 12.1 Å². The fourth-order valence-corrected chi connectivity index (χ4v) is 3.81. The van der Waals surface area contributed by atoms with E-state index in [0.29, 0.717) is 31.2 Å². The molecule has 0 saturated carbocycles. The van der Waals surface area contributed by atoms with E-state index in [-0.39, 0.29) is 11.8 Å². The highest BCUT2D eigenvalue weighted by molar-refractivity contribution is 5.78. The van der Waals surface area contributed by atoms with Gasteiger partial charge in [-0.3, -0.25) is 9.69 Å². The second kappa shape index (κ2) is 8.23. The number of carbonyl (C=O) groups is 1. The third-order valence-corrected chi connectivity index (χ3v) is 5.22. The van der Waals surface area contributed by atoms with E-state index >= 15 is 0 Å². The van der Waals surface area contributed by atoms with Gasteiger partial charge in [0.25, 0.3) is 0 Å². The molecule has 1 aromatic carbocycles. The molecule has 2 aliphatic heterocycles. The van der Waals surface area contributed by atoms with Gasteiger partial charge >= 0.3 is 0 Å². The first-order valence-corrected chi connectivity index (χ1v) is 9.01. The minimum atomic E-state index is -0.527. The van der Waals surface area contributed by atoms with Gasteiger partial charge in [-0.15, -0.1) is 0 Å². The number of halogens is 2. The van der Waals surface area contributed by atoms with E-state index in [1.807, 2.05) is 11.9 Å². The smallest absolute Gasteiger partial charge is 0.227 e. The summed E-state index contributed by atoms with van der Waals surface area (Å²) in [7, 11) is 1.88. The van der Waals surface area contributed by atoms with Crippen LogP contribution in [-0.4, -0.2) is 55.6 Å². The molecular weight excluding hydrogens is 326 g/mol. The quantitative estimate of drug-likeness (QED) is 0.817. The van der Waals surface area contributed by atoms with E-state index in [1.54, 1.807) is 0 Å².